The molecule has 0 unspecified atom stereocenters. The molecule has 2 N–H and O–H groups in total. The second kappa shape index (κ2) is 4.70. The molecule has 2 aromatic heterocycles. The van der Waals surface area contributed by atoms with Crippen molar-refractivity contribution in [3.8, 4) is 11.4 Å². The summed E-state index contributed by atoms with van der Waals surface area (Å²) in [5, 5.41) is 5.09. The third-order valence-corrected chi connectivity index (χ3v) is 4.32. The van der Waals surface area contributed by atoms with Crippen molar-refractivity contribution in [2.45, 2.75) is 37.6 Å². The molecule has 1 aliphatic carbocycles. The molecular formula is C16H17N3O2. The first kappa shape index (κ1) is 12.6. The Hall–Kier alpha value is -2.14. The summed E-state index contributed by atoms with van der Waals surface area (Å²) < 4.78 is 11.0. The number of benzene rings is 1. The number of hydrogen-bond donors (Lipinski definition) is 1. The number of furan rings is 1. The number of rotatable bonds is 2. The summed E-state index contributed by atoms with van der Waals surface area (Å²) >= 11 is 0. The van der Waals surface area contributed by atoms with Gasteiger partial charge in [0.05, 0.1) is 11.1 Å². The second-order valence-corrected chi connectivity index (χ2v) is 5.79. The SMILES string of the molecule is NC1(c2nc(-c3coc4ccccc34)no2)CCCCC1. The van der Waals surface area contributed by atoms with E-state index in [1.807, 2.05) is 24.3 Å². The van der Waals surface area contributed by atoms with Crippen LogP contribution in [0.1, 0.15) is 38.0 Å². The van der Waals surface area contributed by atoms with Crippen LogP contribution < -0.4 is 5.73 Å². The lowest BCUT2D eigenvalue weighted by atomic mass is 9.82. The van der Waals surface area contributed by atoms with Gasteiger partial charge in [-0.05, 0) is 18.9 Å². The Kier molecular flexibility index (Phi) is 2.82. The maximum absolute atomic E-state index is 6.44. The Morgan fingerprint density at radius 3 is 2.76 bits per heavy atom. The molecule has 0 bridgehead atoms. The highest BCUT2D eigenvalue weighted by Gasteiger charge is 2.35. The van der Waals surface area contributed by atoms with Gasteiger partial charge in [0.25, 0.3) is 0 Å². The van der Waals surface area contributed by atoms with Crippen LogP contribution in [0.15, 0.2) is 39.5 Å². The molecule has 1 aliphatic rings. The fourth-order valence-corrected chi connectivity index (χ4v) is 3.08. The molecule has 0 radical (unpaired) electrons. The van der Waals surface area contributed by atoms with E-state index in [9.17, 15) is 0 Å². The van der Waals surface area contributed by atoms with E-state index in [1.54, 1.807) is 6.26 Å². The van der Waals surface area contributed by atoms with E-state index in [0.29, 0.717) is 11.7 Å². The first-order valence-corrected chi connectivity index (χ1v) is 7.36. The Bertz CT molecular complexity index is 769. The summed E-state index contributed by atoms with van der Waals surface area (Å²) in [5.41, 5.74) is 7.64. The predicted octanol–water partition coefficient (Wildman–Crippen LogP) is 3.60. The zero-order valence-corrected chi connectivity index (χ0v) is 11.7. The average Bonchev–Trinajstić information content (AvgIpc) is 3.15. The minimum Gasteiger partial charge on any atom is -0.464 e. The van der Waals surface area contributed by atoms with Gasteiger partial charge >= 0.3 is 0 Å². The van der Waals surface area contributed by atoms with Crippen molar-refractivity contribution in [3.63, 3.8) is 0 Å². The first-order valence-electron chi connectivity index (χ1n) is 7.36. The molecule has 0 spiro atoms. The van der Waals surface area contributed by atoms with Gasteiger partial charge in [-0.15, -0.1) is 0 Å². The molecule has 0 atom stereocenters. The lowest BCUT2D eigenvalue weighted by molar-refractivity contribution is 0.220. The minimum absolute atomic E-state index is 0.469. The molecule has 1 aromatic carbocycles. The normalized spacial score (nSPS) is 18.1. The zero-order valence-electron chi connectivity index (χ0n) is 11.7. The number of fused-ring (bicyclic) bond motifs is 1. The smallest absolute Gasteiger partial charge is 0.247 e. The van der Waals surface area contributed by atoms with Crippen LogP contribution in [0.4, 0.5) is 0 Å². The quantitative estimate of drug-likeness (QED) is 0.777. The van der Waals surface area contributed by atoms with Crippen LogP contribution in [0.2, 0.25) is 0 Å². The fourth-order valence-electron chi connectivity index (χ4n) is 3.08. The summed E-state index contributed by atoms with van der Waals surface area (Å²) in [6, 6.07) is 7.82. The van der Waals surface area contributed by atoms with Gasteiger partial charge in [0, 0.05) is 5.39 Å². The number of para-hydroxylation sites is 1. The number of nitrogens with zero attached hydrogens (tertiary/aromatic N) is 2. The highest BCUT2D eigenvalue weighted by Crippen LogP contribution is 2.35. The average molecular weight is 283 g/mol. The summed E-state index contributed by atoms with van der Waals surface area (Å²) in [6.07, 6.45) is 6.93. The molecule has 0 saturated heterocycles. The molecule has 4 rings (SSSR count). The molecule has 21 heavy (non-hydrogen) atoms. The Labute approximate surface area is 122 Å². The first-order chi connectivity index (χ1) is 10.3. The standard InChI is InChI=1S/C16H17N3O2/c17-16(8-4-1-5-9-16)15-18-14(19-21-15)12-10-20-13-7-3-2-6-11(12)13/h2-3,6-7,10H,1,4-5,8-9,17H2. The molecule has 108 valence electrons. The molecule has 0 aliphatic heterocycles. The van der Waals surface area contributed by atoms with Crippen LogP contribution in [-0.4, -0.2) is 10.1 Å². The maximum Gasteiger partial charge on any atom is 0.247 e. The van der Waals surface area contributed by atoms with E-state index < -0.39 is 5.54 Å². The van der Waals surface area contributed by atoms with E-state index in [4.69, 9.17) is 14.7 Å². The summed E-state index contributed by atoms with van der Waals surface area (Å²) in [6.45, 7) is 0. The van der Waals surface area contributed by atoms with Crippen molar-refractivity contribution in [2.24, 2.45) is 5.73 Å². The van der Waals surface area contributed by atoms with E-state index in [1.165, 1.54) is 6.42 Å². The van der Waals surface area contributed by atoms with E-state index in [-0.39, 0.29) is 0 Å². The van der Waals surface area contributed by atoms with Crippen LogP contribution in [-0.2, 0) is 5.54 Å². The van der Waals surface area contributed by atoms with Gasteiger partial charge in [0.2, 0.25) is 11.7 Å². The molecule has 3 aromatic rings. The van der Waals surface area contributed by atoms with E-state index >= 15 is 0 Å². The molecule has 0 amide bonds. The molecule has 1 saturated carbocycles. The second-order valence-electron chi connectivity index (χ2n) is 5.79. The van der Waals surface area contributed by atoms with Gasteiger partial charge in [-0.2, -0.15) is 4.98 Å². The van der Waals surface area contributed by atoms with Gasteiger partial charge in [0.15, 0.2) is 0 Å². The van der Waals surface area contributed by atoms with Crippen LogP contribution in [0.3, 0.4) is 0 Å². The van der Waals surface area contributed by atoms with Gasteiger partial charge in [-0.1, -0.05) is 42.6 Å². The Morgan fingerprint density at radius 2 is 1.90 bits per heavy atom. The van der Waals surface area contributed by atoms with E-state index in [0.717, 1.165) is 42.2 Å². The molecular weight excluding hydrogens is 266 g/mol. The molecule has 1 fully saturated rings. The van der Waals surface area contributed by atoms with E-state index in [2.05, 4.69) is 10.1 Å². The maximum atomic E-state index is 6.44. The van der Waals surface area contributed by atoms with Gasteiger partial charge in [0.1, 0.15) is 11.8 Å². The minimum atomic E-state index is -0.469. The lowest BCUT2D eigenvalue weighted by Crippen LogP contribution is -2.38. The number of hydrogen-bond acceptors (Lipinski definition) is 5. The number of nitrogens with two attached hydrogens (primary N) is 1. The largest absolute Gasteiger partial charge is 0.464 e. The topological polar surface area (TPSA) is 78.1 Å². The van der Waals surface area contributed by atoms with Crippen molar-refractivity contribution in [3.05, 3.63) is 36.4 Å². The monoisotopic (exact) mass is 283 g/mol. The van der Waals surface area contributed by atoms with Gasteiger partial charge < -0.3 is 14.7 Å². The van der Waals surface area contributed by atoms with Crippen molar-refractivity contribution >= 4 is 11.0 Å². The molecule has 5 nitrogen and oxygen atoms in total. The zero-order chi connectivity index (χ0) is 14.3. The number of aromatic nitrogens is 2. The van der Waals surface area contributed by atoms with Crippen molar-refractivity contribution in [1.29, 1.82) is 0 Å². The Morgan fingerprint density at radius 1 is 1.10 bits per heavy atom. The van der Waals surface area contributed by atoms with Crippen LogP contribution >= 0.6 is 0 Å². The van der Waals surface area contributed by atoms with Gasteiger partial charge in [-0.25, -0.2) is 0 Å². The van der Waals surface area contributed by atoms with Gasteiger partial charge in [-0.3, -0.25) is 0 Å². The van der Waals surface area contributed by atoms with Crippen LogP contribution in [0, 0.1) is 0 Å². The van der Waals surface area contributed by atoms with Crippen molar-refractivity contribution < 1.29 is 8.94 Å². The van der Waals surface area contributed by atoms with Crippen LogP contribution in [0.25, 0.3) is 22.4 Å². The highest BCUT2D eigenvalue weighted by atomic mass is 16.5. The van der Waals surface area contributed by atoms with Crippen LogP contribution in [0.5, 0.6) is 0 Å². The molecule has 5 heteroatoms. The predicted molar refractivity (Wildman–Crippen MR) is 78.5 cm³/mol. The summed E-state index contributed by atoms with van der Waals surface area (Å²) in [7, 11) is 0. The summed E-state index contributed by atoms with van der Waals surface area (Å²) in [4.78, 5) is 4.54. The van der Waals surface area contributed by atoms with Crippen molar-refractivity contribution in [1.82, 2.24) is 10.1 Å². The fraction of sp³-hybridized carbons (Fsp3) is 0.375. The lowest BCUT2D eigenvalue weighted by Gasteiger charge is -2.29. The third-order valence-electron chi connectivity index (χ3n) is 4.32. The summed E-state index contributed by atoms with van der Waals surface area (Å²) in [5.74, 6) is 1.09. The molecule has 2 heterocycles. The third kappa shape index (κ3) is 2.05. The highest BCUT2D eigenvalue weighted by molar-refractivity contribution is 5.91. The van der Waals surface area contributed by atoms with Crippen molar-refractivity contribution in [2.75, 3.05) is 0 Å². The Balaban J connectivity index is 1.74.